The van der Waals surface area contributed by atoms with Crippen molar-refractivity contribution in [3.8, 4) is 28.1 Å². The van der Waals surface area contributed by atoms with E-state index < -0.39 is 65.4 Å². The molecule has 2 heterocycles. The van der Waals surface area contributed by atoms with Crippen LogP contribution in [0.3, 0.4) is 0 Å². The van der Waals surface area contributed by atoms with Crippen molar-refractivity contribution in [1.82, 2.24) is 15.1 Å². The van der Waals surface area contributed by atoms with E-state index in [1.165, 1.54) is 68.6 Å². The lowest BCUT2D eigenvalue weighted by atomic mass is 9.96. The van der Waals surface area contributed by atoms with Gasteiger partial charge >= 0.3 is 12.3 Å². The van der Waals surface area contributed by atoms with E-state index >= 15 is 13.2 Å². The molecule has 52 heavy (non-hydrogen) atoms. The molecule has 1 amide bonds. The van der Waals surface area contributed by atoms with Gasteiger partial charge in [-0.15, -0.1) is 13.2 Å². The van der Waals surface area contributed by atoms with Crippen LogP contribution in [-0.4, -0.2) is 55.4 Å². The topological polar surface area (TPSA) is 170 Å². The number of alkyl halides is 5. The predicted molar refractivity (Wildman–Crippen MR) is 178 cm³/mol. The number of carbonyl (C=O) groups excluding carboxylic acids is 1. The Kier molecular flexibility index (Phi) is 10.5. The van der Waals surface area contributed by atoms with Crippen molar-refractivity contribution in [1.29, 1.82) is 0 Å². The monoisotopic (exact) mass is 754 g/mol. The summed E-state index contributed by atoms with van der Waals surface area (Å²) in [6, 6.07) is 11.6. The van der Waals surface area contributed by atoms with Crippen LogP contribution in [-0.2, 0) is 40.4 Å². The van der Waals surface area contributed by atoms with Crippen LogP contribution < -0.4 is 26.2 Å². The van der Waals surface area contributed by atoms with Crippen LogP contribution >= 0.6 is 0 Å². The summed E-state index contributed by atoms with van der Waals surface area (Å²) >= 11 is -1.73. The minimum atomic E-state index is -4.97. The molecule has 3 aromatic carbocycles. The number of rotatable bonds is 11. The van der Waals surface area contributed by atoms with Crippen LogP contribution in [0.25, 0.3) is 28.1 Å². The van der Waals surface area contributed by atoms with Crippen molar-refractivity contribution in [2.24, 2.45) is 12.8 Å². The molecule has 278 valence electrons. The molecular formula is C33H32F6N6O6S. The fourth-order valence-corrected chi connectivity index (χ4v) is 6.31. The van der Waals surface area contributed by atoms with E-state index in [9.17, 15) is 27.6 Å². The lowest BCUT2D eigenvalue weighted by Gasteiger charge is -2.35. The average Bonchev–Trinajstić information content (AvgIpc) is 3.42. The summed E-state index contributed by atoms with van der Waals surface area (Å²) in [6.45, 7) is 1.46. The Hall–Kier alpha value is -4.95. The van der Waals surface area contributed by atoms with Gasteiger partial charge in [0.25, 0.3) is 5.91 Å². The first kappa shape index (κ1) is 38.3. The average molecular weight is 755 g/mol. The third-order valence-electron chi connectivity index (χ3n) is 7.98. The standard InChI is InChI=1S/C33H32F6N6O6S/c1-31(2,16-46)41-30(47)32(35,36)29-27-28(44(3)43-29)21-10-7-18(19-11-23(34)22(15-50-48)26(13-19)52(4)49)12-24(21)45(42-27)25(14-40)17-5-8-20(9-6-17)51-33(37,38)39/h5-14,42,46,48H,15-16,40H2,1-4H3,(H,41,47)/b25-14-. The number of amides is 1. The molecule has 0 spiro atoms. The molecule has 1 aliphatic rings. The Labute approximate surface area is 295 Å². The summed E-state index contributed by atoms with van der Waals surface area (Å²) in [4.78, 5) is 17.0. The number of nitrogens with one attached hydrogen (secondary N) is 2. The lowest BCUT2D eigenvalue weighted by molar-refractivity contribution is -0.274. The van der Waals surface area contributed by atoms with Crippen LogP contribution in [0, 0.1) is 5.82 Å². The second kappa shape index (κ2) is 14.2. The number of nitrogens with zero attached hydrogens (tertiary/aromatic N) is 3. The van der Waals surface area contributed by atoms with Crippen LogP contribution in [0.4, 0.5) is 37.7 Å². The number of ether oxygens (including phenoxy) is 1. The summed E-state index contributed by atoms with van der Waals surface area (Å²) < 4.78 is 103. The minimum Gasteiger partial charge on any atom is -0.612 e. The molecule has 1 aliphatic heterocycles. The number of aliphatic hydroxyl groups excluding tert-OH is 1. The Morgan fingerprint density at radius 1 is 1.10 bits per heavy atom. The minimum absolute atomic E-state index is 0.0311. The molecule has 0 saturated heterocycles. The van der Waals surface area contributed by atoms with Gasteiger partial charge < -0.3 is 25.4 Å². The van der Waals surface area contributed by atoms with Gasteiger partial charge in [0.2, 0.25) is 0 Å². The Bertz CT molecular complexity index is 2020. The van der Waals surface area contributed by atoms with Gasteiger partial charge in [-0.05, 0) is 78.6 Å². The van der Waals surface area contributed by atoms with Crippen LogP contribution in [0.1, 0.15) is 30.7 Å². The highest BCUT2D eigenvalue weighted by Gasteiger charge is 2.49. The van der Waals surface area contributed by atoms with Crippen LogP contribution in [0.2, 0.25) is 0 Å². The first-order valence-electron chi connectivity index (χ1n) is 15.1. The molecule has 1 aromatic heterocycles. The van der Waals surface area contributed by atoms with Gasteiger partial charge in [-0.2, -0.15) is 13.9 Å². The summed E-state index contributed by atoms with van der Waals surface area (Å²) in [6.07, 6.45) is -2.61. The van der Waals surface area contributed by atoms with Gasteiger partial charge in [0.1, 0.15) is 30.1 Å². The third-order valence-corrected chi connectivity index (χ3v) is 8.97. The molecule has 12 nitrogen and oxygen atoms in total. The third kappa shape index (κ3) is 7.49. The smallest absolute Gasteiger partial charge is 0.573 e. The van der Waals surface area contributed by atoms with Crippen LogP contribution in [0.5, 0.6) is 5.75 Å². The Morgan fingerprint density at radius 3 is 2.35 bits per heavy atom. The second-order valence-electron chi connectivity index (χ2n) is 12.2. The highest BCUT2D eigenvalue weighted by atomic mass is 32.2. The van der Waals surface area contributed by atoms with Gasteiger partial charge in [0.15, 0.2) is 10.6 Å². The fourth-order valence-electron chi connectivity index (χ4n) is 5.52. The first-order chi connectivity index (χ1) is 24.3. The molecule has 0 bridgehead atoms. The maximum absolute atomic E-state index is 16.0. The summed E-state index contributed by atoms with van der Waals surface area (Å²) in [5, 5.41) is 25.8. The number of carbonyl (C=O) groups is 1. The number of aryl methyl sites for hydroxylation is 1. The van der Waals surface area contributed by atoms with E-state index in [1.54, 1.807) is 0 Å². The number of hydrogen-bond donors (Lipinski definition) is 5. The normalized spacial score (nSPS) is 14.0. The van der Waals surface area contributed by atoms with Crippen molar-refractivity contribution in [3.05, 3.63) is 83.4 Å². The maximum Gasteiger partial charge on any atom is 0.573 e. The maximum atomic E-state index is 16.0. The fraction of sp³-hybridized carbons (Fsp3) is 0.273. The zero-order chi connectivity index (χ0) is 38.3. The molecule has 0 fully saturated rings. The highest BCUT2D eigenvalue weighted by Crippen LogP contribution is 2.49. The number of aliphatic hydroxyl groups is 1. The van der Waals surface area contributed by atoms with Crippen molar-refractivity contribution < 1.29 is 55.7 Å². The van der Waals surface area contributed by atoms with E-state index in [0.717, 1.165) is 29.1 Å². The molecule has 1 unspecified atom stereocenters. The summed E-state index contributed by atoms with van der Waals surface area (Å²) in [5.41, 5.74) is 7.35. The Balaban J connectivity index is 1.70. The van der Waals surface area contributed by atoms with Crippen molar-refractivity contribution in [2.45, 2.75) is 43.2 Å². The molecule has 19 heteroatoms. The van der Waals surface area contributed by atoms with Gasteiger partial charge in [-0.25, -0.2) is 9.28 Å². The summed E-state index contributed by atoms with van der Waals surface area (Å²) in [7, 11) is 1.36. The SMILES string of the molecule is Cn1nc(C(F)(F)C(=O)NC(C)(C)CO)c2c1-c1ccc(-c3cc(F)c(COO)c([S+](C)[O-])c3)cc1N(/C(=C\N)c1ccc(OC(F)(F)F)cc1)N2. The number of hydrogen-bond acceptors (Lipinski definition) is 10. The van der Waals surface area contributed by atoms with Gasteiger partial charge in [-0.1, -0.05) is 6.07 Å². The predicted octanol–water partition coefficient (Wildman–Crippen LogP) is 5.60. The molecule has 0 aliphatic carbocycles. The number of aromatic nitrogens is 2. The molecular weight excluding hydrogens is 722 g/mol. The Morgan fingerprint density at radius 2 is 1.77 bits per heavy atom. The molecule has 1 atom stereocenters. The largest absolute Gasteiger partial charge is 0.612 e. The van der Waals surface area contributed by atoms with E-state index in [1.807, 2.05) is 0 Å². The molecule has 4 aromatic rings. The number of nitrogens with two attached hydrogens (primary N) is 1. The van der Waals surface area contributed by atoms with Gasteiger partial charge in [0, 0.05) is 30.4 Å². The second-order valence-corrected chi connectivity index (χ2v) is 13.6. The first-order valence-corrected chi connectivity index (χ1v) is 16.7. The molecule has 5 rings (SSSR count). The number of fused-ring (bicyclic) bond motifs is 3. The number of halogens is 6. The van der Waals surface area contributed by atoms with Gasteiger partial charge in [-0.3, -0.25) is 25.2 Å². The highest BCUT2D eigenvalue weighted by molar-refractivity contribution is 7.90. The van der Waals surface area contributed by atoms with Gasteiger partial charge in [0.05, 0.1) is 34.8 Å². The zero-order valence-corrected chi connectivity index (χ0v) is 28.6. The lowest BCUT2D eigenvalue weighted by Crippen LogP contribution is -2.51. The number of benzene rings is 3. The summed E-state index contributed by atoms with van der Waals surface area (Å²) in [5.74, 6) is -7.40. The van der Waals surface area contributed by atoms with Crippen molar-refractivity contribution in [2.75, 3.05) is 23.3 Å². The number of hydrazine groups is 1. The molecule has 0 saturated carbocycles. The molecule has 0 radical (unpaired) electrons. The van der Waals surface area contributed by atoms with Crippen molar-refractivity contribution in [3.63, 3.8) is 0 Å². The van der Waals surface area contributed by atoms with E-state index in [0.29, 0.717) is 5.56 Å². The quantitative estimate of drug-likeness (QED) is 0.0562. The van der Waals surface area contributed by atoms with E-state index in [2.05, 4.69) is 25.5 Å². The molecule has 6 N–H and O–H groups in total. The van der Waals surface area contributed by atoms with E-state index in [4.69, 9.17) is 11.0 Å². The zero-order valence-electron chi connectivity index (χ0n) is 27.8. The van der Waals surface area contributed by atoms with Crippen molar-refractivity contribution >= 4 is 34.2 Å². The number of anilines is 2. The van der Waals surface area contributed by atoms with Crippen LogP contribution in [0.15, 0.2) is 65.7 Å². The van der Waals surface area contributed by atoms with E-state index in [-0.39, 0.29) is 49.9 Å².